The minimum Gasteiger partial charge on any atom is -0.465 e. The predicted molar refractivity (Wildman–Crippen MR) is 65.0 cm³/mol. The van der Waals surface area contributed by atoms with Gasteiger partial charge in [0.25, 0.3) is 0 Å². The van der Waals surface area contributed by atoms with Gasteiger partial charge in [-0.25, -0.2) is 4.79 Å². The molecule has 7 nitrogen and oxygen atoms in total. The molecule has 1 heterocycles. The summed E-state index contributed by atoms with van der Waals surface area (Å²) < 4.78 is 4.70. The number of hydrogen-bond donors (Lipinski definition) is 0. The highest BCUT2D eigenvalue weighted by atomic mass is 16.5. The van der Waals surface area contributed by atoms with Crippen LogP contribution in [0.15, 0.2) is 0 Å². The van der Waals surface area contributed by atoms with E-state index in [0.717, 1.165) is 16.2 Å². The molecule has 1 aliphatic rings. The third-order valence-electron chi connectivity index (χ3n) is 2.69. The van der Waals surface area contributed by atoms with Crippen molar-refractivity contribution in [2.24, 2.45) is 0 Å². The quantitative estimate of drug-likeness (QED) is 0.519. The van der Waals surface area contributed by atoms with Crippen LogP contribution in [0, 0.1) is 0 Å². The van der Waals surface area contributed by atoms with Crippen molar-refractivity contribution in [1.29, 1.82) is 0 Å². The second-order valence-electron chi connectivity index (χ2n) is 4.14. The smallest absolute Gasteiger partial charge is 0.333 e. The Hall–Kier alpha value is -1.92. The Morgan fingerprint density at radius 1 is 1.16 bits per heavy atom. The molecule has 0 saturated carbocycles. The summed E-state index contributed by atoms with van der Waals surface area (Å²) in [4.78, 5) is 48.4. The summed E-state index contributed by atoms with van der Waals surface area (Å²) in [5, 5.41) is 0. The van der Waals surface area contributed by atoms with Gasteiger partial charge in [-0.15, -0.1) is 0 Å². The first-order valence-corrected chi connectivity index (χ1v) is 6.31. The van der Waals surface area contributed by atoms with E-state index in [1.807, 2.05) is 6.92 Å². The standard InChI is InChI=1S/C12H18N2O5/c1-3-5-6-13-9(15)7-10(16)14(12(13)18)8-11(17)19-4-2/h3-8H2,1-2H3. The number of nitrogens with zero attached hydrogens (tertiary/aromatic N) is 2. The van der Waals surface area contributed by atoms with E-state index in [2.05, 4.69) is 0 Å². The van der Waals surface area contributed by atoms with Crippen molar-refractivity contribution in [2.75, 3.05) is 19.7 Å². The summed E-state index contributed by atoms with van der Waals surface area (Å²) in [5.74, 6) is -1.83. The molecule has 1 fully saturated rings. The molecule has 0 spiro atoms. The van der Waals surface area contributed by atoms with Crippen LogP contribution in [0.25, 0.3) is 0 Å². The molecule has 106 valence electrons. The summed E-state index contributed by atoms with van der Waals surface area (Å²) in [6.07, 6.45) is 1.11. The first-order valence-electron chi connectivity index (χ1n) is 6.31. The van der Waals surface area contributed by atoms with Crippen molar-refractivity contribution in [3.63, 3.8) is 0 Å². The Balaban J connectivity index is 2.74. The van der Waals surface area contributed by atoms with E-state index in [4.69, 9.17) is 4.74 Å². The number of barbiturate groups is 1. The van der Waals surface area contributed by atoms with Crippen LogP contribution in [0.5, 0.6) is 0 Å². The zero-order valence-corrected chi connectivity index (χ0v) is 11.2. The van der Waals surface area contributed by atoms with E-state index >= 15 is 0 Å². The second kappa shape index (κ2) is 6.86. The van der Waals surface area contributed by atoms with Crippen LogP contribution in [-0.4, -0.2) is 53.3 Å². The first-order chi connectivity index (χ1) is 9.01. The monoisotopic (exact) mass is 270 g/mol. The van der Waals surface area contributed by atoms with Gasteiger partial charge in [-0.05, 0) is 13.3 Å². The highest BCUT2D eigenvalue weighted by Gasteiger charge is 2.38. The lowest BCUT2D eigenvalue weighted by atomic mass is 10.2. The number of urea groups is 1. The predicted octanol–water partition coefficient (Wildman–Crippen LogP) is 0.530. The van der Waals surface area contributed by atoms with E-state index < -0.39 is 30.4 Å². The Labute approximate surface area is 111 Å². The van der Waals surface area contributed by atoms with Crippen LogP contribution in [0.4, 0.5) is 4.79 Å². The number of rotatable bonds is 6. The number of carbonyl (C=O) groups is 4. The number of esters is 1. The number of ether oxygens (including phenoxy) is 1. The molecule has 0 atom stereocenters. The molecule has 0 aliphatic carbocycles. The van der Waals surface area contributed by atoms with E-state index in [1.54, 1.807) is 6.92 Å². The molecule has 0 unspecified atom stereocenters. The molecule has 0 aromatic carbocycles. The molecule has 7 heteroatoms. The van der Waals surface area contributed by atoms with Gasteiger partial charge in [0, 0.05) is 6.54 Å². The minimum atomic E-state index is -0.734. The zero-order valence-electron chi connectivity index (χ0n) is 11.2. The zero-order chi connectivity index (χ0) is 14.4. The molecule has 0 radical (unpaired) electrons. The van der Waals surface area contributed by atoms with Gasteiger partial charge < -0.3 is 4.74 Å². The second-order valence-corrected chi connectivity index (χ2v) is 4.14. The molecule has 0 aromatic heterocycles. The van der Waals surface area contributed by atoms with Crippen LogP contribution in [0.1, 0.15) is 33.1 Å². The highest BCUT2D eigenvalue weighted by Crippen LogP contribution is 2.13. The van der Waals surface area contributed by atoms with Crippen LogP contribution in [0.2, 0.25) is 0 Å². The highest BCUT2D eigenvalue weighted by molar-refractivity contribution is 6.14. The molecule has 1 rings (SSSR count). The summed E-state index contributed by atoms with van der Waals surface area (Å²) in [6, 6.07) is -0.734. The van der Waals surface area contributed by atoms with Gasteiger partial charge in [0.2, 0.25) is 11.8 Å². The van der Waals surface area contributed by atoms with Crippen molar-refractivity contribution >= 4 is 23.8 Å². The normalized spacial score (nSPS) is 16.0. The van der Waals surface area contributed by atoms with Gasteiger partial charge in [0.15, 0.2) is 0 Å². The molecule has 1 saturated heterocycles. The lowest BCUT2D eigenvalue weighted by Crippen LogP contribution is -2.56. The van der Waals surface area contributed by atoms with Gasteiger partial charge in [0.1, 0.15) is 13.0 Å². The van der Waals surface area contributed by atoms with Gasteiger partial charge >= 0.3 is 12.0 Å². The van der Waals surface area contributed by atoms with Crippen LogP contribution in [-0.2, 0) is 19.1 Å². The summed E-state index contributed by atoms with van der Waals surface area (Å²) >= 11 is 0. The molecule has 0 bridgehead atoms. The van der Waals surface area contributed by atoms with E-state index in [9.17, 15) is 19.2 Å². The van der Waals surface area contributed by atoms with E-state index in [-0.39, 0.29) is 19.6 Å². The fraction of sp³-hybridized carbons (Fsp3) is 0.667. The van der Waals surface area contributed by atoms with Crippen LogP contribution in [0.3, 0.4) is 0 Å². The Morgan fingerprint density at radius 3 is 2.37 bits per heavy atom. The Morgan fingerprint density at radius 2 is 1.79 bits per heavy atom. The lowest BCUT2D eigenvalue weighted by molar-refractivity contribution is -0.151. The first kappa shape index (κ1) is 15.1. The lowest BCUT2D eigenvalue weighted by Gasteiger charge is -2.31. The topological polar surface area (TPSA) is 84.0 Å². The molecular weight excluding hydrogens is 252 g/mol. The van der Waals surface area contributed by atoms with Crippen molar-refractivity contribution < 1.29 is 23.9 Å². The van der Waals surface area contributed by atoms with E-state index in [1.165, 1.54) is 0 Å². The van der Waals surface area contributed by atoms with Crippen LogP contribution >= 0.6 is 0 Å². The maximum Gasteiger partial charge on any atom is 0.333 e. The third-order valence-corrected chi connectivity index (χ3v) is 2.69. The average Bonchev–Trinajstić information content (AvgIpc) is 2.34. The fourth-order valence-corrected chi connectivity index (χ4v) is 1.71. The minimum absolute atomic E-state index is 0.174. The number of amides is 4. The Bertz CT molecular complexity index is 394. The van der Waals surface area contributed by atoms with Gasteiger partial charge in [-0.2, -0.15) is 0 Å². The molecule has 0 N–H and O–H groups in total. The molecular formula is C12H18N2O5. The van der Waals surface area contributed by atoms with Gasteiger partial charge in [0.05, 0.1) is 6.61 Å². The van der Waals surface area contributed by atoms with Gasteiger partial charge in [-0.3, -0.25) is 24.2 Å². The fourth-order valence-electron chi connectivity index (χ4n) is 1.71. The van der Waals surface area contributed by atoms with Crippen molar-refractivity contribution in [2.45, 2.75) is 33.1 Å². The molecule has 4 amide bonds. The number of carbonyl (C=O) groups excluding carboxylic acids is 4. The number of hydrogen-bond acceptors (Lipinski definition) is 5. The Kier molecular flexibility index (Phi) is 5.47. The maximum atomic E-state index is 12.0. The van der Waals surface area contributed by atoms with Crippen molar-refractivity contribution in [3.8, 4) is 0 Å². The largest absolute Gasteiger partial charge is 0.465 e. The number of unbranched alkanes of at least 4 members (excludes halogenated alkanes) is 1. The average molecular weight is 270 g/mol. The third kappa shape index (κ3) is 3.77. The molecule has 0 aromatic rings. The maximum absolute atomic E-state index is 12.0. The van der Waals surface area contributed by atoms with Gasteiger partial charge in [-0.1, -0.05) is 13.3 Å². The summed E-state index contributed by atoms with van der Waals surface area (Å²) in [6.45, 7) is 3.56. The van der Waals surface area contributed by atoms with Crippen LogP contribution < -0.4 is 0 Å². The SMILES string of the molecule is CCCCN1C(=O)CC(=O)N(CC(=O)OCC)C1=O. The molecule has 19 heavy (non-hydrogen) atoms. The van der Waals surface area contributed by atoms with Crippen molar-refractivity contribution in [3.05, 3.63) is 0 Å². The summed E-state index contributed by atoms with van der Waals surface area (Å²) in [5.41, 5.74) is 0. The number of imide groups is 2. The summed E-state index contributed by atoms with van der Waals surface area (Å²) in [7, 11) is 0. The van der Waals surface area contributed by atoms with E-state index in [0.29, 0.717) is 6.42 Å². The molecule has 1 aliphatic heterocycles. The van der Waals surface area contributed by atoms with Crippen molar-refractivity contribution in [1.82, 2.24) is 9.80 Å².